The van der Waals surface area contributed by atoms with Crippen molar-refractivity contribution >= 4 is 17.7 Å². The maximum atomic E-state index is 14.2. The predicted octanol–water partition coefficient (Wildman–Crippen LogP) is 2.39. The number of benzene rings is 1. The van der Waals surface area contributed by atoms with Gasteiger partial charge in [0.2, 0.25) is 5.95 Å². The van der Waals surface area contributed by atoms with E-state index in [1.807, 2.05) is 0 Å². The van der Waals surface area contributed by atoms with Gasteiger partial charge in [0, 0.05) is 44.7 Å². The van der Waals surface area contributed by atoms with E-state index < -0.39 is 23.1 Å². The Morgan fingerprint density at radius 1 is 0.935 bits per heavy atom. The monoisotopic (exact) mass is 429 g/mol. The third-order valence-corrected chi connectivity index (χ3v) is 6.19. The zero-order chi connectivity index (χ0) is 21.4. The van der Waals surface area contributed by atoms with Crippen molar-refractivity contribution < 1.29 is 18.3 Å². The molecule has 0 spiro atoms. The molecule has 1 amide bonds. The third kappa shape index (κ3) is 3.82. The first-order valence-corrected chi connectivity index (χ1v) is 10.8. The highest BCUT2D eigenvalue weighted by molar-refractivity contribution is 5.95. The van der Waals surface area contributed by atoms with Gasteiger partial charge in [-0.3, -0.25) is 4.79 Å². The number of aromatic nitrogens is 2. The first-order valence-electron chi connectivity index (χ1n) is 10.8. The number of ether oxygens (including phenoxy) is 1. The molecule has 1 aromatic carbocycles. The third-order valence-electron chi connectivity index (χ3n) is 6.19. The molecule has 164 valence electrons. The Kier molecular flexibility index (Phi) is 5.43. The molecule has 2 aromatic rings. The molecule has 0 radical (unpaired) electrons. The zero-order valence-corrected chi connectivity index (χ0v) is 17.3. The van der Waals surface area contributed by atoms with Crippen LogP contribution in [0, 0.1) is 11.6 Å². The van der Waals surface area contributed by atoms with Gasteiger partial charge < -0.3 is 19.4 Å². The molecular weight excluding hydrogens is 404 g/mol. The Labute approximate surface area is 179 Å². The van der Waals surface area contributed by atoms with Crippen molar-refractivity contribution in [1.29, 1.82) is 0 Å². The summed E-state index contributed by atoms with van der Waals surface area (Å²) in [5.41, 5.74) is 1.27. The SMILES string of the molecule is O=C(c1c(F)cccc1F)N1CCc2nc(N3CCCC3)nc(N3CCOCC3)c2C1. The average Bonchev–Trinajstić information content (AvgIpc) is 3.33. The largest absolute Gasteiger partial charge is 0.378 e. The van der Waals surface area contributed by atoms with E-state index in [4.69, 9.17) is 14.7 Å². The molecule has 3 aliphatic heterocycles. The number of rotatable bonds is 3. The van der Waals surface area contributed by atoms with Crippen molar-refractivity contribution in [2.45, 2.75) is 25.8 Å². The van der Waals surface area contributed by atoms with Crippen LogP contribution in [0.4, 0.5) is 20.5 Å². The van der Waals surface area contributed by atoms with Gasteiger partial charge in [0.15, 0.2) is 0 Å². The smallest absolute Gasteiger partial charge is 0.260 e. The van der Waals surface area contributed by atoms with Crippen molar-refractivity contribution in [3.05, 3.63) is 46.7 Å². The van der Waals surface area contributed by atoms with Crippen LogP contribution in [0.3, 0.4) is 0 Å². The summed E-state index contributed by atoms with van der Waals surface area (Å²) in [6, 6.07) is 3.48. The number of nitrogens with zero attached hydrogens (tertiary/aromatic N) is 5. The van der Waals surface area contributed by atoms with E-state index in [2.05, 4.69) is 9.80 Å². The minimum Gasteiger partial charge on any atom is -0.378 e. The Bertz CT molecular complexity index is 970. The van der Waals surface area contributed by atoms with Crippen LogP contribution < -0.4 is 9.80 Å². The predicted molar refractivity (Wildman–Crippen MR) is 111 cm³/mol. The van der Waals surface area contributed by atoms with E-state index in [0.717, 1.165) is 61.1 Å². The molecular formula is C22H25F2N5O2. The lowest BCUT2D eigenvalue weighted by molar-refractivity contribution is 0.0723. The number of amides is 1. The highest BCUT2D eigenvalue weighted by Crippen LogP contribution is 2.31. The summed E-state index contributed by atoms with van der Waals surface area (Å²) in [7, 11) is 0. The molecule has 0 atom stereocenters. The lowest BCUT2D eigenvalue weighted by Gasteiger charge is -2.35. The fourth-order valence-electron chi connectivity index (χ4n) is 4.51. The van der Waals surface area contributed by atoms with Crippen LogP contribution in [-0.2, 0) is 17.7 Å². The second kappa shape index (κ2) is 8.37. The average molecular weight is 429 g/mol. The van der Waals surface area contributed by atoms with Crippen molar-refractivity contribution in [2.24, 2.45) is 0 Å². The summed E-state index contributed by atoms with van der Waals surface area (Å²) in [5, 5.41) is 0. The van der Waals surface area contributed by atoms with Crippen LogP contribution in [0.15, 0.2) is 18.2 Å². The number of hydrogen-bond acceptors (Lipinski definition) is 6. The Balaban J connectivity index is 1.50. The minimum atomic E-state index is -0.843. The van der Waals surface area contributed by atoms with Crippen molar-refractivity contribution in [3.8, 4) is 0 Å². The maximum absolute atomic E-state index is 14.2. The van der Waals surface area contributed by atoms with Crippen molar-refractivity contribution in [1.82, 2.24) is 14.9 Å². The number of hydrogen-bond donors (Lipinski definition) is 0. The Morgan fingerprint density at radius 3 is 2.35 bits per heavy atom. The molecule has 7 nitrogen and oxygen atoms in total. The standard InChI is InChI=1S/C22H25F2N5O2/c23-16-4-3-5-17(24)19(16)21(30)29-9-6-18-15(14-29)20(27-10-12-31-13-11-27)26-22(25-18)28-7-1-2-8-28/h3-5H,1-2,6-14H2. The van der Waals surface area contributed by atoms with Gasteiger partial charge in [0.25, 0.3) is 5.91 Å². The van der Waals surface area contributed by atoms with E-state index in [-0.39, 0.29) is 6.54 Å². The molecule has 0 N–H and O–H groups in total. The second-order valence-corrected chi connectivity index (χ2v) is 8.14. The molecule has 0 saturated carbocycles. The lowest BCUT2D eigenvalue weighted by atomic mass is 10.0. The summed E-state index contributed by atoms with van der Waals surface area (Å²) < 4.78 is 33.9. The van der Waals surface area contributed by atoms with Crippen molar-refractivity contribution in [2.75, 3.05) is 55.7 Å². The molecule has 4 heterocycles. The molecule has 0 unspecified atom stereocenters. The quantitative estimate of drug-likeness (QED) is 0.747. The Hall–Kier alpha value is -2.81. The Morgan fingerprint density at radius 2 is 1.65 bits per heavy atom. The molecule has 9 heteroatoms. The van der Waals surface area contributed by atoms with Crippen LogP contribution in [-0.4, -0.2) is 66.7 Å². The molecule has 0 aliphatic carbocycles. The number of morpholine rings is 1. The summed E-state index contributed by atoms with van der Waals surface area (Å²) in [6.07, 6.45) is 2.78. The topological polar surface area (TPSA) is 61.8 Å². The van der Waals surface area contributed by atoms with Gasteiger partial charge in [0.1, 0.15) is 23.0 Å². The van der Waals surface area contributed by atoms with Crippen molar-refractivity contribution in [3.63, 3.8) is 0 Å². The molecule has 1 aromatic heterocycles. The van der Waals surface area contributed by atoms with Gasteiger partial charge in [-0.25, -0.2) is 13.8 Å². The molecule has 31 heavy (non-hydrogen) atoms. The van der Waals surface area contributed by atoms with E-state index in [1.54, 1.807) is 0 Å². The summed E-state index contributed by atoms with van der Waals surface area (Å²) in [6.45, 7) is 5.11. The van der Waals surface area contributed by atoms with Gasteiger partial charge in [-0.05, 0) is 25.0 Å². The van der Waals surface area contributed by atoms with E-state index >= 15 is 0 Å². The molecule has 0 bridgehead atoms. The van der Waals surface area contributed by atoms with Gasteiger partial charge in [-0.2, -0.15) is 4.98 Å². The lowest BCUT2D eigenvalue weighted by Crippen LogP contribution is -2.42. The number of carbonyl (C=O) groups excluding carboxylic acids is 1. The van der Waals surface area contributed by atoms with E-state index in [1.165, 1.54) is 11.0 Å². The van der Waals surface area contributed by atoms with Crippen LogP contribution in [0.5, 0.6) is 0 Å². The van der Waals surface area contributed by atoms with Crippen LogP contribution >= 0.6 is 0 Å². The summed E-state index contributed by atoms with van der Waals surface area (Å²) in [4.78, 5) is 28.6. The molecule has 2 saturated heterocycles. The van der Waals surface area contributed by atoms with Gasteiger partial charge in [-0.15, -0.1) is 0 Å². The summed E-state index contributed by atoms with van der Waals surface area (Å²) >= 11 is 0. The van der Waals surface area contributed by atoms with Gasteiger partial charge in [-0.1, -0.05) is 6.07 Å². The van der Waals surface area contributed by atoms with E-state index in [0.29, 0.717) is 39.3 Å². The highest BCUT2D eigenvalue weighted by Gasteiger charge is 2.31. The maximum Gasteiger partial charge on any atom is 0.260 e. The number of fused-ring (bicyclic) bond motifs is 1. The van der Waals surface area contributed by atoms with Gasteiger partial charge >= 0.3 is 0 Å². The second-order valence-electron chi connectivity index (χ2n) is 8.14. The minimum absolute atomic E-state index is 0.231. The number of carbonyl (C=O) groups is 1. The number of anilines is 2. The van der Waals surface area contributed by atoms with E-state index in [9.17, 15) is 13.6 Å². The van der Waals surface area contributed by atoms with Crippen LogP contribution in [0.1, 0.15) is 34.5 Å². The van der Waals surface area contributed by atoms with Crippen LogP contribution in [0.2, 0.25) is 0 Å². The zero-order valence-electron chi connectivity index (χ0n) is 17.3. The fourth-order valence-corrected chi connectivity index (χ4v) is 4.51. The number of halogens is 2. The molecule has 3 aliphatic rings. The van der Waals surface area contributed by atoms with Crippen LogP contribution in [0.25, 0.3) is 0 Å². The molecule has 5 rings (SSSR count). The summed E-state index contributed by atoms with van der Waals surface area (Å²) in [5.74, 6) is -0.785. The highest BCUT2D eigenvalue weighted by atomic mass is 19.1. The first kappa shape index (κ1) is 20.1. The first-order chi connectivity index (χ1) is 15.1. The fraction of sp³-hybridized carbons (Fsp3) is 0.500. The molecule has 2 fully saturated rings. The normalized spacial score (nSPS) is 19.0. The van der Waals surface area contributed by atoms with Gasteiger partial charge in [0.05, 0.1) is 25.5 Å².